The number of nitrogens with two attached hydrogens (primary N) is 1. The number of amides is 1. The van der Waals surface area contributed by atoms with E-state index in [2.05, 4.69) is 30.6 Å². The van der Waals surface area contributed by atoms with E-state index in [1.807, 2.05) is 21.1 Å². The first kappa shape index (κ1) is 31.4. The van der Waals surface area contributed by atoms with E-state index in [9.17, 15) is 29.1 Å². The van der Waals surface area contributed by atoms with Crippen LogP contribution in [-0.4, -0.2) is 98.3 Å². The average Bonchev–Trinajstić information content (AvgIpc) is 2.88. The number of likely N-dealkylation sites (N-methyl/N-ethyl adjacent to an activating group) is 1. The van der Waals surface area contributed by atoms with Gasteiger partial charge >= 0.3 is 17.9 Å². The first-order valence-corrected chi connectivity index (χ1v) is 12.8. The molecule has 0 fully saturated rings. The van der Waals surface area contributed by atoms with Crippen LogP contribution in [-0.2, 0) is 25.7 Å². The van der Waals surface area contributed by atoms with E-state index in [1.54, 1.807) is 12.1 Å². The van der Waals surface area contributed by atoms with Gasteiger partial charge in [-0.15, -0.1) is 0 Å². The number of carbonyl (C=O) groups excluding carboxylic acids is 2. The van der Waals surface area contributed by atoms with Gasteiger partial charge in [0, 0.05) is 17.7 Å². The molecule has 16 nitrogen and oxygen atoms in total. The van der Waals surface area contributed by atoms with Gasteiger partial charge < -0.3 is 35.8 Å². The molecule has 0 saturated heterocycles. The monoisotopic (exact) mass is 585 g/mol. The molecule has 0 aliphatic heterocycles. The number of carboxylic acids is 2. The number of nitrogens with one attached hydrogen (secondary N) is 3. The summed E-state index contributed by atoms with van der Waals surface area (Å²) in [7, 11) is 5.46. The van der Waals surface area contributed by atoms with Gasteiger partial charge in [-0.1, -0.05) is 0 Å². The van der Waals surface area contributed by atoms with Crippen molar-refractivity contribution in [3.8, 4) is 0 Å². The normalized spacial score (nSPS) is 12.7. The van der Waals surface area contributed by atoms with Crippen LogP contribution in [0.5, 0.6) is 0 Å². The number of nitrogens with zero attached hydrogens (tertiary/aromatic N) is 4. The molecule has 7 N–H and O–H groups in total. The summed E-state index contributed by atoms with van der Waals surface area (Å²) in [5.41, 5.74) is 6.40. The topological polar surface area (TPSA) is 240 Å². The Morgan fingerprint density at radius 1 is 1.10 bits per heavy atom. The third-order valence-electron chi connectivity index (χ3n) is 5.80. The van der Waals surface area contributed by atoms with E-state index in [0.717, 1.165) is 0 Å². The van der Waals surface area contributed by atoms with Crippen LogP contribution in [0, 0.1) is 0 Å². The molecular formula is C26H33N8O8+. The maximum Gasteiger partial charge on any atom is 0.326 e. The number of hydrogen-bond donors (Lipinski definition) is 6. The number of carboxylic acid groups (broad SMARTS) is 2. The molecule has 0 radical (unpaired) electrons. The summed E-state index contributed by atoms with van der Waals surface area (Å²) in [6, 6.07) is 4.79. The molecule has 2 aromatic heterocycles. The fraction of sp³-hybridized carbons (Fsp3) is 0.385. The number of carbonyl (C=O) groups is 4. The first-order chi connectivity index (χ1) is 19.7. The van der Waals surface area contributed by atoms with Gasteiger partial charge in [0.25, 0.3) is 11.5 Å². The number of hydrogen-bond acceptors (Lipinski definition) is 11. The van der Waals surface area contributed by atoms with Crippen molar-refractivity contribution in [1.82, 2.24) is 25.3 Å². The minimum absolute atomic E-state index is 0.0426. The van der Waals surface area contributed by atoms with E-state index < -0.39 is 41.5 Å². The number of benzene rings is 1. The highest BCUT2D eigenvalue weighted by molar-refractivity contribution is 5.97. The van der Waals surface area contributed by atoms with Gasteiger partial charge in [-0.2, -0.15) is 4.98 Å². The van der Waals surface area contributed by atoms with Crippen molar-refractivity contribution >= 4 is 46.6 Å². The van der Waals surface area contributed by atoms with Crippen molar-refractivity contribution in [2.45, 2.75) is 38.0 Å². The van der Waals surface area contributed by atoms with Crippen LogP contribution in [0.4, 0.5) is 11.6 Å². The minimum atomic E-state index is -1.38. The zero-order chi connectivity index (χ0) is 31.0. The van der Waals surface area contributed by atoms with Gasteiger partial charge in [-0.05, 0) is 30.7 Å². The van der Waals surface area contributed by atoms with Gasteiger partial charge in [0.2, 0.25) is 5.95 Å². The van der Waals surface area contributed by atoms with E-state index in [-0.39, 0.29) is 55.0 Å². The molecule has 0 aliphatic carbocycles. The molecule has 224 valence electrons. The Labute approximate surface area is 239 Å². The van der Waals surface area contributed by atoms with Crippen molar-refractivity contribution in [1.29, 1.82) is 0 Å². The summed E-state index contributed by atoms with van der Waals surface area (Å²) >= 11 is 0. The number of anilines is 2. The Morgan fingerprint density at radius 2 is 1.79 bits per heavy atom. The quantitative estimate of drug-likeness (QED) is 0.108. The number of esters is 1. The molecule has 42 heavy (non-hydrogen) atoms. The molecule has 0 spiro atoms. The van der Waals surface area contributed by atoms with Crippen LogP contribution in [0.25, 0.3) is 11.2 Å². The van der Waals surface area contributed by atoms with Crippen LogP contribution >= 0.6 is 0 Å². The lowest BCUT2D eigenvalue weighted by atomic mass is 10.1. The van der Waals surface area contributed by atoms with Crippen molar-refractivity contribution in [3.63, 3.8) is 0 Å². The third kappa shape index (κ3) is 9.51. The minimum Gasteiger partial charge on any atom is -0.481 e. The van der Waals surface area contributed by atoms with Crippen molar-refractivity contribution in [3.05, 3.63) is 52.1 Å². The third-order valence-corrected chi connectivity index (χ3v) is 5.80. The smallest absolute Gasteiger partial charge is 0.326 e. The zero-order valence-electron chi connectivity index (χ0n) is 23.3. The average molecular weight is 586 g/mol. The largest absolute Gasteiger partial charge is 0.481 e. The van der Waals surface area contributed by atoms with Crippen LogP contribution < -0.4 is 21.9 Å². The summed E-state index contributed by atoms with van der Waals surface area (Å²) in [5, 5.41) is 24.1. The number of fused-ring (bicyclic) bond motifs is 1. The number of quaternary nitrogens is 1. The van der Waals surface area contributed by atoms with Crippen molar-refractivity contribution < 1.29 is 38.6 Å². The Balaban J connectivity index is 1.54. The molecule has 3 aromatic rings. The molecule has 2 atom stereocenters. The lowest BCUT2D eigenvalue weighted by Crippen LogP contribution is -2.44. The van der Waals surface area contributed by atoms with Crippen LogP contribution in [0.3, 0.4) is 0 Å². The second-order valence-electron chi connectivity index (χ2n) is 10.5. The lowest BCUT2D eigenvalue weighted by Gasteiger charge is -2.28. The molecule has 1 amide bonds. The molecule has 0 aliphatic rings. The molecule has 3 rings (SSSR count). The molecular weight excluding hydrogens is 552 g/mol. The highest BCUT2D eigenvalue weighted by Gasteiger charge is 2.27. The zero-order valence-corrected chi connectivity index (χ0v) is 23.3. The maximum absolute atomic E-state index is 12.7. The van der Waals surface area contributed by atoms with Crippen LogP contribution in [0.1, 0.15) is 35.3 Å². The van der Waals surface area contributed by atoms with Gasteiger partial charge in [0.15, 0.2) is 17.3 Å². The van der Waals surface area contributed by atoms with Crippen LogP contribution in [0.15, 0.2) is 35.3 Å². The standard InChI is InChI=1S/C26H32N8O8/c1-34(2,3)13-17(10-19(35)36)42-20(37)9-8-18(25(40)41)31-23(38)14-4-6-15(7-5-14)28-11-16-12-29-22-21(30-16)24(39)33-26(27)32-22/h4-7,12,17-18H,8-11,13H2,1-3H3,(H6-,27,28,29,31,32,33,35,36,38,39,40,41)/p+1. The molecule has 16 heteroatoms. The van der Waals surface area contributed by atoms with Crippen LogP contribution in [0.2, 0.25) is 0 Å². The van der Waals surface area contributed by atoms with Gasteiger partial charge in [-0.25, -0.2) is 14.8 Å². The highest BCUT2D eigenvalue weighted by Crippen LogP contribution is 2.13. The molecule has 0 saturated carbocycles. The second kappa shape index (κ2) is 13.5. The number of ether oxygens (including phenoxy) is 1. The van der Waals surface area contributed by atoms with Gasteiger partial charge in [-0.3, -0.25) is 24.2 Å². The Morgan fingerprint density at radius 3 is 2.40 bits per heavy atom. The van der Waals surface area contributed by atoms with Gasteiger partial charge in [0.05, 0.1) is 46.0 Å². The molecule has 2 heterocycles. The van der Waals surface area contributed by atoms with E-state index >= 15 is 0 Å². The number of rotatable bonds is 14. The Hall–Kier alpha value is -5.12. The summed E-state index contributed by atoms with van der Waals surface area (Å²) in [4.78, 5) is 74.5. The Bertz CT molecular complexity index is 1520. The number of aromatic nitrogens is 4. The summed E-state index contributed by atoms with van der Waals surface area (Å²) in [6.07, 6.45) is -0.399. The van der Waals surface area contributed by atoms with E-state index in [0.29, 0.717) is 15.9 Å². The predicted octanol–water partition coefficient (Wildman–Crippen LogP) is -0.0367. The predicted molar refractivity (Wildman–Crippen MR) is 149 cm³/mol. The molecule has 0 bridgehead atoms. The SMILES string of the molecule is C[N+](C)(C)CC(CC(=O)O)OC(=O)CCC(NC(=O)c1ccc(NCc2cnc3nc(N)[nH]c(=O)c3n2)cc1)C(=O)O. The Kier molecular flexibility index (Phi) is 10.1. The fourth-order valence-electron chi connectivity index (χ4n) is 3.94. The highest BCUT2D eigenvalue weighted by atomic mass is 16.5. The van der Waals surface area contributed by atoms with E-state index in [1.165, 1.54) is 18.3 Å². The van der Waals surface area contributed by atoms with E-state index in [4.69, 9.17) is 15.6 Å². The molecule has 1 aromatic carbocycles. The number of nitrogen functional groups attached to an aromatic ring is 1. The number of aromatic amines is 1. The lowest BCUT2D eigenvalue weighted by molar-refractivity contribution is -0.873. The summed E-state index contributed by atoms with van der Waals surface area (Å²) in [5.74, 6) is -3.95. The van der Waals surface area contributed by atoms with Gasteiger partial charge in [0.1, 0.15) is 12.6 Å². The summed E-state index contributed by atoms with van der Waals surface area (Å²) in [6.45, 7) is 0.460. The van der Waals surface area contributed by atoms with Crippen molar-refractivity contribution in [2.75, 3.05) is 38.7 Å². The number of H-pyrrole nitrogens is 1. The fourth-order valence-corrected chi connectivity index (χ4v) is 3.94. The maximum atomic E-state index is 12.7. The summed E-state index contributed by atoms with van der Waals surface area (Å²) < 4.78 is 5.64. The first-order valence-electron chi connectivity index (χ1n) is 12.8. The molecule has 2 unspecified atom stereocenters. The number of aliphatic carboxylic acids is 2. The van der Waals surface area contributed by atoms with Crippen molar-refractivity contribution in [2.24, 2.45) is 0 Å². The second-order valence-corrected chi connectivity index (χ2v) is 10.5.